The van der Waals surface area contributed by atoms with Gasteiger partial charge in [-0.2, -0.15) is 0 Å². The molecule has 0 aromatic heterocycles. The maximum Gasteiger partial charge on any atom is 0.250 e. The Labute approximate surface area is 102 Å². The first-order valence-corrected chi connectivity index (χ1v) is 5.73. The van der Waals surface area contributed by atoms with Gasteiger partial charge in [-0.1, -0.05) is 20.8 Å². The third kappa shape index (κ3) is 4.34. The lowest BCUT2D eigenvalue weighted by molar-refractivity contribution is 0.100. The topological polar surface area (TPSA) is 81.1 Å². The number of amides is 1. The first-order chi connectivity index (χ1) is 7.79. The molecule has 0 bridgehead atoms. The van der Waals surface area contributed by atoms with Crippen molar-refractivity contribution in [1.29, 1.82) is 0 Å². The van der Waals surface area contributed by atoms with E-state index in [2.05, 4.69) is 26.1 Å². The Hall–Kier alpha value is -1.71. The van der Waals surface area contributed by atoms with Gasteiger partial charge in [0.25, 0.3) is 5.91 Å². The molecule has 1 rings (SSSR count). The number of hydrogen-bond donors (Lipinski definition) is 3. The van der Waals surface area contributed by atoms with Gasteiger partial charge in [0.15, 0.2) is 0 Å². The normalized spacial score (nSPS) is 11.2. The fourth-order valence-corrected chi connectivity index (χ4v) is 1.46. The lowest BCUT2D eigenvalue weighted by atomic mass is 9.92. The third-order valence-corrected chi connectivity index (χ3v) is 2.52. The standard InChI is InChI=1S/C13H21N3O/c1-13(2,3)6-7-16-9-4-5-11(14)10(8-9)12(15)17/h4-5,8,16H,6-7,14H2,1-3H3,(H2,15,17). The van der Waals surface area contributed by atoms with Crippen molar-refractivity contribution < 1.29 is 4.79 Å². The van der Waals surface area contributed by atoms with Crippen molar-refractivity contribution in [2.24, 2.45) is 11.1 Å². The van der Waals surface area contributed by atoms with Gasteiger partial charge in [0.05, 0.1) is 5.56 Å². The molecule has 0 aliphatic rings. The minimum atomic E-state index is -0.498. The highest BCUT2D eigenvalue weighted by Gasteiger charge is 2.10. The van der Waals surface area contributed by atoms with Crippen LogP contribution in [0.25, 0.3) is 0 Å². The summed E-state index contributed by atoms with van der Waals surface area (Å²) in [6, 6.07) is 5.24. The first kappa shape index (κ1) is 13.4. The number of carbonyl (C=O) groups excluding carboxylic acids is 1. The summed E-state index contributed by atoms with van der Waals surface area (Å²) in [6.45, 7) is 7.41. The van der Waals surface area contributed by atoms with Gasteiger partial charge in [-0.3, -0.25) is 4.79 Å². The van der Waals surface area contributed by atoms with E-state index in [9.17, 15) is 4.79 Å². The highest BCUT2D eigenvalue weighted by atomic mass is 16.1. The molecule has 17 heavy (non-hydrogen) atoms. The van der Waals surface area contributed by atoms with Crippen LogP contribution in [-0.4, -0.2) is 12.5 Å². The van der Waals surface area contributed by atoms with Crippen LogP contribution in [-0.2, 0) is 0 Å². The molecule has 0 heterocycles. The number of anilines is 2. The second kappa shape index (κ2) is 5.08. The van der Waals surface area contributed by atoms with E-state index in [4.69, 9.17) is 11.5 Å². The average Bonchev–Trinajstić information content (AvgIpc) is 2.18. The highest BCUT2D eigenvalue weighted by molar-refractivity contribution is 5.98. The van der Waals surface area contributed by atoms with Gasteiger partial charge in [-0.05, 0) is 30.0 Å². The average molecular weight is 235 g/mol. The number of nitrogens with one attached hydrogen (secondary N) is 1. The zero-order valence-electron chi connectivity index (χ0n) is 10.7. The highest BCUT2D eigenvalue weighted by Crippen LogP contribution is 2.20. The summed E-state index contributed by atoms with van der Waals surface area (Å²) in [5, 5.41) is 3.26. The van der Waals surface area contributed by atoms with Crippen molar-refractivity contribution in [2.75, 3.05) is 17.6 Å². The molecule has 1 aromatic rings. The van der Waals surface area contributed by atoms with Gasteiger partial charge in [-0.15, -0.1) is 0 Å². The van der Waals surface area contributed by atoms with Gasteiger partial charge < -0.3 is 16.8 Å². The predicted molar refractivity (Wildman–Crippen MR) is 71.9 cm³/mol. The molecule has 0 unspecified atom stereocenters. The third-order valence-electron chi connectivity index (χ3n) is 2.52. The zero-order valence-corrected chi connectivity index (χ0v) is 10.7. The summed E-state index contributed by atoms with van der Waals surface area (Å²) in [4.78, 5) is 11.1. The number of carbonyl (C=O) groups is 1. The molecular formula is C13H21N3O. The van der Waals surface area contributed by atoms with E-state index < -0.39 is 5.91 Å². The minimum Gasteiger partial charge on any atom is -0.398 e. The molecule has 1 aromatic carbocycles. The van der Waals surface area contributed by atoms with Crippen molar-refractivity contribution in [3.05, 3.63) is 23.8 Å². The summed E-state index contributed by atoms with van der Waals surface area (Å²) < 4.78 is 0. The number of rotatable bonds is 4. The summed E-state index contributed by atoms with van der Waals surface area (Å²) in [5.74, 6) is -0.498. The fraction of sp³-hybridized carbons (Fsp3) is 0.462. The van der Waals surface area contributed by atoms with E-state index in [1.165, 1.54) is 0 Å². The van der Waals surface area contributed by atoms with E-state index in [0.717, 1.165) is 18.7 Å². The maximum absolute atomic E-state index is 11.1. The molecular weight excluding hydrogens is 214 g/mol. The predicted octanol–water partition coefficient (Wildman–Crippen LogP) is 2.22. The summed E-state index contributed by atoms with van der Waals surface area (Å²) in [5.41, 5.74) is 12.8. The van der Waals surface area contributed by atoms with Crippen LogP contribution < -0.4 is 16.8 Å². The Kier molecular flexibility index (Phi) is 3.99. The molecule has 0 aliphatic heterocycles. The Morgan fingerprint density at radius 2 is 2.00 bits per heavy atom. The number of primary amides is 1. The number of nitrogen functional groups attached to an aromatic ring is 1. The molecule has 4 heteroatoms. The summed E-state index contributed by atoms with van der Waals surface area (Å²) in [6.07, 6.45) is 1.04. The van der Waals surface area contributed by atoms with Crippen LogP contribution in [0.15, 0.2) is 18.2 Å². The molecule has 94 valence electrons. The number of benzene rings is 1. The molecule has 0 saturated carbocycles. The molecule has 0 fully saturated rings. The van der Waals surface area contributed by atoms with Crippen LogP contribution in [0.2, 0.25) is 0 Å². The van der Waals surface area contributed by atoms with Crippen LogP contribution in [0.4, 0.5) is 11.4 Å². The van der Waals surface area contributed by atoms with Gasteiger partial charge in [0.1, 0.15) is 0 Å². The van der Waals surface area contributed by atoms with Crippen molar-refractivity contribution in [3.8, 4) is 0 Å². The molecule has 5 N–H and O–H groups in total. The van der Waals surface area contributed by atoms with Crippen LogP contribution in [0.3, 0.4) is 0 Å². The van der Waals surface area contributed by atoms with Crippen molar-refractivity contribution in [2.45, 2.75) is 27.2 Å². The Morgan fingerprint density at radius 1 is 1.35 bits per heavy atom. The largest absolute Gasteiger partial charge is 0.398 e. The fourth-order valence-electron chi connectivity index (χ4n) is 1.46. The van der Waals surface area contributed by atoms with E-state index in [1.54, 1.807) is 12.1 Å². The molecule has 1 amide bonds. The van der Waals surface area contributed by atoms with Crippen LogP contribution in [0.1, 0.15) is 37.6 Å². The Balaban J connectivity index is 2.67. The summed E-state index contributed by atoms with van der Waals surface area (Å²) in [7, 11) is 0. The number of nitrogens with two attached hydrogens (primary N) is 2. The van der Waals surface area contributed by atoms with Crippen LogP contribution in [0.5, 0.6) is 0 Å². The van der Waals surface area contributed by atoms with E-state index >= 15 is 0 Å². The van der Waals surface area contributed by atoms with Gasteiger partial charge >= 0.3 is 0 Å². The Bertz CT molecular complexity index is 408. The monoisotopic (exact) mass is 235 g/mol. The van der Waals surface area contributed by atoms with Gasteiger partial charge in [-0.25, -0.2) is 0 Å². The summed E-state index contributed by atoms with van der Waals surface area (Å²) >= 11 is 0. The molecule has 4 nitrogen and oxygen atoms in total. The van der Waals surface area contributed by atoms with Crippen molar-refractivity contribution in [1.82, 2.24) is 0 Å². The zero-order chi connectivity index (χ0) is 13.1. The number of hydrogen-bond acceptors (Lipinski definition) is 3. The second-order valence-corrected chi connectivity index (χ2v) is 5.40. The molecule has 0 radical (unpaired) electrons. The van der Waals surface area contributed by atoms with Crippen molar-refractivity contribution >= 4 is 17.3 Å². The van der Waals surface area contributed by atoms with Gasteiger partial charge in [0.2, 0.25) is 0 Å². The van der Waals surface area contributed by atoms with E-state index in [0.29, 0.717) is 11.3 Å². The minimum absolute atomic E-state index is 0.285. The smallest absolute Gasteiger partial charge is 0.250 e. The SMILES string of the molecule is CC(C)(C)CCNc1ccc(N)c(C(N)=O)c1. The molecule has 0 spiro atoms. The maximum atomic E-state index is 11.1. The Morgan fingerprint density at radius 3 is 2.53 bits per heavy atom. The van der Waals surface area contributed by atoms with E-state index in [-0.39, 0.29) is 5.41 Å². The van der Waals surface area contributed by atoms with Crippen molar-refractivity contribution in [3.63, 3.8) is 0 Å². The quantitative estimate of drug-likeness (QED) is 0.700. The van der Waals surface area contributed by atoms with Gasteiger partial charge in [0, 0.05) is 17.9 Å². The van der Waals surface area contributed by atoms with E-state index in [1.807, 2.05) is 6.07 Å². The molecule has 0 atom stereocenters. The van der Waals surface area contributed by atoms with Crippen LogP contribution >= 0.6 is 0 Å². The lowest BCUT2D eigenvalue weighted by Crippen LogP contribution is -2.15. The molecule has 0 saturated heterocycles. The lowest BCUT2D eigenvalue weighted by Gasteiger charge is -2.18. The van der Waals surface area contributed by atoms with Crippen LogP contribution in [0, 0.1) is 5.41 Å². The second-order valence-electron chi connectivity index (χ2n) is 5.40. The first-order valence-electron chi connectivity index (χ1n) is 5.73. The molecule has 0 aliphatic carbocycles.